The van der Waals surface area contributed by atoms with Crippen LogP contribution in [0.4, 0.5) is 5.69 Å². The van der Waals surface area contributed by atoms with Gasteiger partial charge in [-0.15, -0.1) is 5.10 Å². The van der Waals surface area contributed by atoms with Crippen LogP contribution in [0.1, 0.15) is 26.6 Å². The molecule has 0 saturated heterocycles. The highest BCUT2D eigenvalue weighted by molar-refractivity contribution is 6.99. The van der Waals surface area contributed by atoms with Gasteiger partial charge < -0.3 is 9.16 Å². The number of nitrogens with zero attached hydrogens (tertiary/aromatic N) is 5. The Balaban J connectivity index is 1.50. The maximum atomic E-state index is 7.07. The largest absolute Gasteiger partial charge is 0.467 e. The van der Waals surface area contributed by atoms with Gasteiger partial charge in [0.1, 0.15) is 6.10 Å². The lowest BCUT2D eigenvalue weighted by atomic mass is 10.2. The summed E-state index contributed by atoms with van der Waals surface area (Å²) < 4.78 is 15.2. The van der Waals surface area contributed by atoms with Crippen LogP contribution in [-0.2, 0) is 15.7 Å². The number of hydrogen-bond acceptors (Lipinski definition) is 6. The minimum Gasteiger partial charge on any atom is -0.467 e. The second kappa shape index (κ2) is 9.56. The quantitative estimate of drug-likeness (QED) is 0.391. The van der Waals surface area contributed by atoms with Crippen molar-refractivity contribution in [2.24, 2.45) is 4.99 Å². The molecule has 0 spiro atoms. The van der Waals surface area contributed by atoms with Gasteiger partial charge in [0.2, 0.25) is 5.82 Å². The molecule has 0 fully saturated rings. The maximum absolute atomic E-state index is 7.07. The minimum absolute atomic E-state index is 0.120. The predicted octanol–water partition coefficient (Wildman–Crippen LogP) is 3.73. The van der Waals surface area contributed by atoms with E-state index in [2.05, 4.69) is 89.8 Å². The predicted molar refractivity (Wildman–Crippen MR) is 139 cm³/mol. The lowest BCUT2D eigenvalue weighted by molar-refractivity contribution is 0.0834. The molecule has 1 atom stereocenters. The van der Waals surface area contributed by atoms with Crippen LogP contribution < -0.4 is 10.4 Å². The van der Waals surface area contributed by atoms with Crippen LogP contribution in [0.3, 0.4) is 0 Å². The molecular weight excluding hydrogens is 454 g/mol. The van der Waals surface area contributed by atoms with Gasteiger partial charge in [-0.1, -0.05) is 99.6 Å². The average Bonchev–Trinajstić information content (AvgIpc) is 3.35. The molecule has 0 saturated carbocycles. The van der Waals surface area contributed by atoms with Crippen molar-refractivity contribution in [2.45, 2.75) is 38.5 Å². The summed E-state index contributed by atoms with van der Waals surface area (Å²) in [6.45, 7) is 7.68. The van der Waals surface area contributed by atoms with Crippen molar-refractivity contribution in [1.82, 2.24) is 20.2 Å². The second-order valence-electron chi connectivity index (χ2n) is 9.65. The summed E-state index contributed by atoms with van der Waals surface area (Å²) in [7, 11) is -2.69. The topological polar surface area (TPSA) is 74.4 Å². The van der Waals surface area contributed by atoms with Crippen molar-refractivity contribution in [1.29, 1.82) is 0 Å². The fourth-order valence-electron chi connectivity index (χ4n) is 4.68. The number of aromatic nitrogens is 4. The third kappa shape index (κ3) is 4.54. The zero-order valence-corrected chi connectivity index (χ0v) is 21.2. The lowest BCUT2D eigenvalue weighted by Crippen LogP contribution is -2.67. The van der Waals surface area contributed by atoms with E-state index in [-0.39, 0.29) is 11.1 Å². The molecule has 0 bridgehead atoms. The molecule has 4 aromatic rings. The van der Waals surface area contributed by atoms with E-state index >= 15 is 0 Å². The summed E-state index contributed by atoms with van der Waals surface area (Å²) in [6.07, 6.45) is -0.282. The number of rotatable bonds is 6. The van der Waals surface area contributed by atoms with E-state index < -0.39 is 8.32 Å². The monoisotopic (exact) mass is 483 g/mol. The molecule has 8 heteroatoms. The number of tetrazole rings is 1. The molecule has 2 heterocycles. The molecule has 0 amide bonds. The number of para-hydroxylation sites is 1. The van der Waals surface area contributed by atoms with Crippen LogP contribution in [0.2, 0.25) is 5.04 Å². The van der Waals surface area contributed by atoms with Crippen molar-refractivity contribution in [2.75, 3.05) is 6.61 Å². The SMILES string of the molecule is CC(C)(C)[Si](OC[C@H]1Cn2nnnc2C(=Nc2ccccc2)O1)(c1ccccc1)c1ccccc1. The molecule has 1 aromatic heterocycles. The average molecular weight is 484 g/mol. The number of fused-ring (bicyclic) bond motifs is 1. The molecule has 5 rings (SSSR count). The number of aliphatic imine (C=N–C) groups is 1. The Hall–Kier alpha value is -3.62. The van der Waals surface area contributed by atoms with E-state index in [1.165, 1.54) is 10.4 Å². The molecule has 1 aliphatic rings. The first-order valence-electron chi connectivity index (χ1n) is 11.8. The number of ether oxygens (including phenoxy) is 1. The van der Waals surface area contributed by atoms with Crippen molar-refractivity contribution < 1.29 is 9.16 Å². The van der Waals surface area contributed by atoms with Gasteiger partial charge in [0.05, 0.1) is 18.8 Å². The zero-order chi connectivity index (χ0) is 24.3. The summed E-state index contributed by atoms with van der Waals surface area (Å²) in [6, 6.07) is 30.9. The van der Waals surface area contributed by atoms with Crippen LogP contribution in [-0.4, -0.2) is 47.1 Å². The van der Waals surface area contributed by atoms with Gasteiger partial charge >= 0.3 is 0 Å². The highest BCUT2D eigenvalue weighted by Gasteiger charge is 2.50. The van der Waals surface area contributed by atoms with E-state index in [4.69, 9.17) is 9.16 Å². The fourth-order valence-corrected chi connectivity index (χ4v) is 9.28. The first kappa shape index (κ1) is 23.1. The van der Waals surface area contributed by atoms with Crippen molar-refractivity contribution in [3.8, 4) is 0 Å². The Labute approximate surface area is 206 Å². The van der Waals surface area contributed by atoms with Gasteiger partial charge in [0.25, 0.3) is 14.2 Å². The van der Waals surface area contributed by atoms with E-state index in [0.717, 1.165) is 5.69 Å². The standard InChI is InChI=1S/C27H29N5O2Si/c1-27(2,3)35(23-15-9-5-10-16-23,24-17-11-6-12-18-24)33-20-22-19-32-25(29-30-31-32)26(34-22)28-21-13-7-4-8-14-21/h4-18,22H,19-20H2,1-3H3/t22-/m1/s1. The van der Waals surface area contributed by atoms with Crippen molar-refractivity contribution in [3.63, 3.8) is 0 Å². The van der Waals surface area contributed by atoms with Gasteiger partial charge in [0, 0.05) is 0 Å². The molecule has 178 valence electrons. The molecule has 3 aromatic carbocycles. The van der Waals surface area contributed by atoms with Gasteiger partial charge in [-0.2, -0.15) is 0 Å². The molecule has 35 heavy (non-hydrogen) atoms. The lowest BCUT2D eigenvalue weighted by Gasteiger charge is -2.43. The van der Waals surface area contributed by atoms with Crippen molar-refractivity contribution >= 4 is 30.3 Å². The van der Waals surface area contributed by atoms with E-state index in [1.807, 2.05) is 42.5 Å². The molecular formula is C27H29N5O2Si. The molecule has 0 aliphatic carbocycles. The Bertz CT molecular complexity index is 1250. The van der Waals surface area contributed by atoms with Crippen LogP contribution >= 0.6 is 0 Å². The van der Waals surface area contributed by atoms with Crippen LogP contribution in [0.25, 0.3) is 0 Å². The minimum atomic E-state index is -2.69. The summed E-state index contributed by atoms with van der Waals surface area (Å²) in [5.41, 5.74) is 0.783. The highest BCUT2D eigenvalue weighted by Crippen LogP contribution is 2.37. The van der Waals surface area contributed by atoms with Crippen LogP contribution in [0.15, 0.2) is 96.0 Å². The van der Waals surface area contributed by atoms with E-state index in [0.29, 0.717) is 24.9 Å². The summed E-state index contributed by atoms with van der Waals surface area (Å²) in [5, 5.41) is 14.5. The van der Waals surface area contributed by atoms with Gasteiger partial charge in [-0.05, 0) is 38.0 Å². The van der Waals surface area contributed by atoms with Crippen LogP contribution in [0, 0.1) is 0 Å². The Morgan fingerprint density at radius 3 is 2.06 bits per heavy atom. The number of benzene rings is 3. The zero-order valence-electron chi connectivity index (χ0n) is 20.2. The summed E-state index contributed by atoms with van der Waals surface area (Å²) >= 11 is 0. The summed E-state index contributed by atoms with van der Waals surface area (Å²) in [5.74, 6) is 0.930. The normalized spacial score (nSPS) is 17.1. The van der Waals surface area contributed by atoms with E-state index in [9.17, 15) is 0 Å². The molecule has 0 radical (unpaired) electrons. The Kier molecular flexibility index (Phi) is 6.32. The fraction of sp³-hybridized carbons (Fsp3) is 0.259. The van der Waals surface area contributed by atoms with Crippen molar-refractivity contribution in [3.05, 3.63) is 96.8 Å². The third-order valence-electron chi connectivity index (χ3n) is 6.27. The first-order chi connectivity index (χ1) is 17.0. The van der Waals surface area contributed by atoms with Crippen LogP contribution in [0.5, 0.6) is 0 Å². The maximum Gasteiger partial charge on any atom is 0.262 e. The van der Waals surface area contributed by atoms with Gasteiger partial charge in [0.15, 0.2) is 0 Å². The first-order valence-corrected chi connectivity index (χ1v) is 13.7. The van der Waals surface area contributed by atoms with Gasteiger partial charge in [-0.3, -0.25) is 0 Å². The number of hydrogen-bond donors (Lipinski definition) is 0. The smallest absolute Gasteiger partial charge is 0.262 e. The highest BCUT2D eigenvalue weighted by atomic mass is 28.4. The molecule has 0 N–H and O–H groups in total. The Morgan fingerprint density at radius 1 is 0.914 bits per heavy atom. The summed E-state index contributed by atoms with van der Waals surface area (Å²) in [4.78, 5) is 4.68. The molecule has 0 unspecified atom stereocenters. The molecule has 7 nitrogen and oxygen atoms in total. The second-order valence-corrected chi connectivity index (χ2v) is 14.0. The third-order valence-corrected chi connectivity index (χ3v) is 11.3. The Morgan fingerprint density at radius 2 is 1.49 bits per heavy atom. The van der Waals surface area contributed by atoms with E-state index in [1.54, 1.807) is 4.68 Å². The molecule has 1 aliphatic heterocycles. The van der Waals surface area contributed by atoms with Gasteiger partial charge in [-0.25, -0.2) is 9.67 Å².